The Hall–Kier alpha value is -3.74. The van der Waals surface area contributed by atoms with Crippen molar-refractivity contribution in [1.29, 1.82) is 0 Å². The van der Waals surface area contributed by atoms with Crippen molar-refractivity contribution in [1.82, 2.24) is 0 Å². The zero-order valence-corrected chi connectivity index (χ0v) is 12.7. The summed E-state index contributed by atoms with van der Waals surface area (Å²) in [5, 5.41) is 10.6. The molecule has 25 heavy (non-hydrogen) atoms. The lowest BCUT2D eigenvalue weighted by molar-refractivity contribution is -0.384. The van der Waals surface area contributed by atoms with Crippen LogP contribution in [0.1, 0.15) is 20.9 Å². The van der Waals surface area contributed by atoms with E-state index < -0.39 is 10.9 Å². The van der Waals surface area contributed by atoms with Crippen LogP contribution in [0.5, 0.6) is 5.75 Å². The number of furan rings is 1. The van der Waals surface area contributed by atoms with Crippen LogP contribution in [-0.2, 0) is 0 Å². The maximum absolute atomic E-state index is 12.4. The fourth-order valence-corrected chi connectivity index (χ4v) is 2.23. The van der Waals surface area contributed by atoms with Crippen molar-refractivity contribution in [2.45, 2.75) is 0 Å². The van der Waals surface area contributed by atoms with Gasteiger partial charge in [0, 0.05) is 17.7 Å². The number of ether oxygens (including phenoxy) is 1. The summed E-state index contributed by atoms with van der Waals surface area (Å²) in [5.74, 6) is 0.0406. The third-order valence-electron chi connectivity index (χ3n) is 3.41. The predicted octanol–water partition coefficient (Wildman–Crippen LogP) is 3.89. The first-order valence-corrected chi connectivity index (χ1v) is 7.19. The van der Waals surface area contributed by atoms with Gasteiger partial charge in [0.25, 0.3) is 5.69 Å². The first-order valence-electron chi connectivity index (χ1n) is 7.19. The zero-order valence-electron chi connectivity index (χ0n) is 12.7. The van der Waals surface area contributed by atoms with Crippen LogP contribution in [0, 0.1) is 10.1 Å². The molecule has 0 amide bonds. The highest BCUT2D eigenvalue weighted by Crippen LogP contribution is 2.27. The molecule has 0 atom stereocenters. The summed E-state index contributed by atoms with van der Waals surface area (Å²) < 4.78 is 10.6. The minimum Gasteiger partial charge on any atom is -0.453 e. The van der Waals surface area contributed by atoms with Gasteiger partial charge in [-0.05, 0) is 30.3 Å². The summed E-state index contributed by atoms with van der Waals surface area (Å²) in [6.45, 7) is 0. The standard InChI is InChI=1S/C18H11NO6/c20-11-14-9-10-17(24-14)15-3-1-2-4-16(15)18(21)25-13-7-5-12(6-8-13)19(22)23/h1-11H. The number of aldehydes is 1. The Kier molecular flexibility index (Phi) is 4.38. The summed E-state index contributed by atoms with van der Waals surface area (Å²) >= 11 is 0. The maximum atomic E-state index is 12.4. The van der Waals surface area contributed by atoms with E-state index in [0.29, 0.717) is 17.6 Å². The molecule has 1 aromatic heterocycles. The Balaban J connectivity index is 1.87. The van der Waals surface area contributed by atoms with Gasteiger partial charge in [-0.3, -0.25) is 14.9 Å². The van der Waals surface area contributed by atoms with E-state index in [2.05, 4.69) is 0 Å². The third kappa shape index (κ3) is 3.45. The molecule has 0 unspecified atom stereocenters. The van der Waals surface area contributed by atoms with Gasteiger partial charge in [0.2, 0.25) is 0 Å². The van der Waals surface area contributed by atoms with Crippen LogP contribution in [0.3, 0.4) is 0 Å². The lowest BCUT2D eigenvalue weighted by Gasteiger charge is -2.07. The van der Waals surface area contributed by atoms with Crippen LogP contribution in [0.25, 0.3) is 11.3 Å². The normalized spacial score (nSPS) is 10.2. The number of hydrogen-bond acceptors (Lipinski definition) is 6. The van der Waals surface area contributed by atoms with E-state index >= 15 is 0 Å². The van der Waals surface area contributed by atoms with Crippen LogP contribution in [-0.4, -0.2) is 17.2 Å². The number of non-ortho nitro benzene ring substituents is 1. The lowest BCUT2D eigenvalue weighted by Crippen LogP contribution is -2.09. The molecular weight excluding hydrogens is 326 g/mol. The fraction of sp³-hybridized carbons (Fsp3) is 0. The molecule has 1 heterocycles. The highest BCUT2D eigenvalue weighted by molar-refractivity contribution is 5.97. The van der Waals surface area contributed by atoms with Crippen molar-refractivity contribution in [3.63, 3.8) is 0 Å². The molecular formula is C18H11NO6. The van der Waals surface area contributed by atoms with E-state index in [1.54, 1.807) is 30.3 Å². The second kappa shape index (κ2) is 6.79. The molecule has 0 aliphatic rings. The Morgan fingerprint density at radius 2 is 1.76 bits per heavy atom. The van der Waals surface area contributed by atoms with Gasteiger partial charge < -0.3 is 9.15 Å². The van der Waals surface area contributed by atoms with Crippen LogP contribution >= 0.6 is 0 Å². The maximum Gasteiger partial charge on any atom is 0.344 e. The van der Waals surface area contributed by atoms with E-state index in [4.69, 9.17) is 9.15 Å². The number of carbonyl (C=O) groups is 2. The second-order valence-electron chi connectivity index (χ2n) is 5.01. The van der Waals surface area contributed by atoms with Crippen LogP contribution in [0.15, 0.2) is 65.1 Å². The molecule has 0 radical (unpaired) electrons. The van der Waals surface area contributed by atoms with E-state index in [-0.39, 0.29) is 22.8 Å². The van der Waals surface area contributed by atoms with Crippen LogP contribution in [0.2, 0.25) is 0 Å². The molecule has 0 N–H and O–H groups in total. The Morgan fingerprint density at radius 1 is 1.04 bits per heavy atom. The van der Waals surface area contributed by atoms with E-state index in [1.165, 1.54) is 30.3 Å². The molecule has 0 aliphatic heterocycles. The molecule has 7 heteroatoms. The van der Waals surface area contributed by atoms with E-state index in [1.807, 2.05) is 0 Å². The van der Waals surface area contributed by atoms with E-state index in [0.717, 1.165) is 0 Å². The Labute approximate surface area is 141 Å². The summed E-state index contributed by atoms with van der Waals surface area (Å²) in [6.07, 6.45) is 0.571. The van der Waals surface area contributed by atoms with Crippen molar-refractivity contribution >= 4 is 17.9 Å². The highest BCUT2D eigenvalue weighted by atomic mass is 16.6. The number of nitro benzene ring substituents is 1. The van der Waals surface area contributed by atoms with Crippen LogP contribution in [0.4, 0.5) is 5.69 Å². The number of rotatable bonds is 5. The van der Waals surface area contributed by atoms with Crippen molar-refractivity contribution < 1.29 is 23.7 Å². The van der Waals surface area contributed by atoms with Gasteiger partial charge in [0.05, 0.1) is 10.5 Å². The third-order valence-corrected chi connectivity index (χ3v) is 3.41. The quantitative estimate of drug-likeness (QED) is 0.230. The smallest absolute Gasteiger partial charge is 0.344 e. The summed E-state index contributed by atoms with van der Waals surface area (Å²) in [5.41, 5.74) is 0.618. The molecule has 0 spiro atoms. The van der Waals surface area contributed by atoms with Gasteiger partial charge in [-0.25, -0.2) is 4.79 Å². The summed E-state index contributed by atoms with van der Waals surface area (Å²) in [6, 6.07) is 14.9. The molecule has 2 aromatic carbocycles. The van der Waals surface area contributed by atoms with Crippen molar-refractivity contribution in [2.75, 3.05) is 0 Å². The molecule has 7 nitrogen and oxygen atoms in total. The van der Waals surface area contributed by atoms with Gasteiger partial charge in [-0.15, -0.1) is 0 Å². The zero-order chi connectivity index (χ0) is 17.8. The molecule has 124 valence electrons. The van der Waals surface area contributed by atoms with Gasteiger partial charge in [0.15, 0.2) is 12.0 Å². The van der Waals surface area contributed by atoms with Crippen molar-refractivity contribution in [3.8, 4) is 17.1 Å². The van der Waals surface area contributed by atoms with Crippen LogP contribution < -0.4 is 4.74 Å². The fourth-order valence-electron chi connectivity index (χ4n) is 2.23. The summed E-state index contributed by atoms with van der Waals surface area (Å²) in [7, 11) is 0. The van der Waals surface area contributed by atoms with Gasteiger partial charge >= 0.3 is 5.97 Å². The Bertz CT molecular complexity index is 942. The number of nitro groups is 1. The minimum absolute atomic E-state index is 0.0998. The lowest BCUT2D eigenvalue weighted by atomic mass is 10.1. The van der Waals surface area contributed by atoms with Gasteiger partial charge in [-0.2, -0.15) is 0 Å². The number of esters is 1. The largest absolute Gasteiger partial charge is 0.453 e. The molecule has 0 saturated carbocycles. The topological polar surface area (TPSA) is 99.7 Å². The van der Waals surface area contributed by atoms with Gasteiger partial charge in [0.1, 0.15) is 11.5 Å². The molecule has 0 aliphatic carbocycles. The van der Waals surface area contributed by atoms with Crippen molar-refractivity contribution in [2.24, 2.45) is 0 Å². The first kappa shape index (κ1) is 16.1. The van der Waals surface area contributed by atoms with Gasteiger partial charge in [-0.1, -0.05) is 18.2 Å². The predicted molar refractivity (Wildman–Crippen MR) is 87.6 cm³/mol. The average molecular weight is 337 g/mol. The molecule has 0 bridgehead atoms. The number of hydrogen-bond donors (Lipinski definition) is 0. The Morgan fingerprint density at radius 3 is 2.40 bits per heavy atom. The minimum atomic E-state index is -0.645. The molecule has 0 fully saturated rings. The average Bonchev–Trinajstić information content (AvgIpc) is 3.11. The van der Waals surface area contributed by atoms with Crippen molar-refractivity contribution in [3.05, 3.63) is 82.1 Å². The first-order chi connectivity index (χ1) is 12.1. The summed E-state index contributed by atoms with van der Waals surface area (Å²) in [4.78, 5) is 33.3. The number of benzene rings is 2. The second-order valence-corrected chi connectivity index (χ2v) is 5.01. The van der Waals surface area contributed by atoms with E-state index in [9.17, 15) is 19.7 Å². The SMILES string of the molecule is O=Cc1ccc(-c2ccccc2C(=O)Oc2ccc([N+](=O)[O-])cc2)o1. The number of nitrogens with zero attached hydrogens (tertiary/aromatic N) is 1. The monoisotopic (exact) mass is 337 g/mol. The number of carbonyl (C=O) groups excluding carboxylic acids is 2. The molecule has 3 rings (SSSR count). The molecule has 3 aromatic rings. The highest BCUT2D eigenvalue weighted by Gasteiger charge is 2.17. The molecule has 0 saturated heterocycles.